The van der Waals surface area contributed by atoms with Crippen LogP contribution in [-0.4, -0.2) is 25.8 Å². The second kappa shape index (κ2) is 7.90. The van der Waals surface area contributed by atoms with Crippen LogP contribution in [0.1, 0.15) is 18.9 Å². The Kier molecular flexibility index (Phi) is 6.17. The SMILES string of the molecule is CCCN(CCc1ccc(Br)cc1)S(=O)(=O)c1ccccc1. The Bertz CT molecular complexity index is 684. The van der Waals surface area contributed by atoms with Crippen LogP contribution in [0, 0.1) is 0 Å². The summed E-state index contributed by atoms with van der Waals surface area (Å²) in [7, 11) is -3.42. The maximum absolute atomic E-state index is 12.7. The Morgan fingerprint density at radius 1 is 0.955 bits per heavy atom. The van der Waals surface area contributed by atoms with E-state index >= 15 is 0 Å². The van der Waals surface area contributed by atoms with Crippen molar-refractivity contribution in [2.45, 2.75) is 24.7 Å². The number of hydrogen-bond donors (Lipinski definition) is 0. The lowest BCUT2D eigenvalue weighted by molar-refractivity contribution is 0.413. The molecule has 2 aromatic carbocycles. The van der Waals surface area contributed by atoms with Gasteiger partial charge < -0.3 is 0 Å². The maximum Gasteiger partial charge on any atom is 0.243 e. The van der Waals surface area contributed by atoms with E-state index in [0.29, 0.717) is 24.4 Å². The Labute approximate surface area is 141 Å². The topological polar surface area (TPSA) is 37.4 Å². The summed E-state index contributed by atoms with van der Waals surface area (Å²) in [6.45, 7) is 3.02. The van der Waals surface area contributed by atoms with Crippen molar-refractivity contribution in [2.24, 2.45) is 0 Å². The van der Waals surface area contributed by atoms with Gasteiger partial charge in [0.05, 0.1) is 4.90 Å². The third-order valence-corrected chi connectivity index (χ3v) is 5.86. The minimum absolute atomic E-state index is 0.360. The fraction of sp³-hybridized carbons (Fsp3) is 0.294. The summed E-state index contributed by atoms with van der Waals surface area (Å²) in [5, 5.41) is 0. The van der Waals surface area contributed by atoms with Gasteiger partial charge in [-0.25, -0.2) is 8.42 Å². The van der Waals surface area contributed by atoms with Crippen LogP contribution in [0.25, 0.3) is 0 Å². The lowest BCUT2D eigenvalue weighted by Gasteiger charge is -2.21. The summed E-state index contributed by atoms with van der Waals surface area (Å²) < 4.78 is 28.0. The van der Waals surface area contributed by atoms with Crippen molar-refractivity contribution in [1.29, 1.82) is 0 Å². The predicted molar refractivity (Wildman–Crippen MR) is 93.3 cm³/mol. The summed E-state index contributed by atoms with van der Waals surface area (Å²) in [5.74, 6) is 0. The maximum atomic E-state index is 12.7. The summed E-state index contributed by atoms with van der Waals surface area (Å²) in [5.41, 5.74) is 1.13. The zero-order chi connectivity index (χ0) is 16.0. The minimum atomic E-state index is -3.42. The molecule has 0 atom stereocenters. The molecular weight excluding hydrogens is 362 g/mol. The normalized spacial score (nSPS) is 11.8. The molecule has 0 radical (unpaired) electrons. The standard InChI is InChI=1S/C17H20BrNO2S/c1-2-13-19(14-12-15-8-10-16(18)11-9-15)22(20,21)17-6-4-3-5-7-17/h3-11H,2,12-14H2,1H3. The highest BCUT2D eigenvalue weighted by molar-refractivity contribution is 9.10. The third-order valence-electron chi connectivity index (χ3n) is 3.42. The van der Waals surface area contributed by atoms with Gasteiger partial charge in [-0.3, -0.25) is 0 Å². The van der Waals surface area contributed by atoms with Gasteiger partial charge in [0.25, 0.3) is 0 Å². The molecule has 2 aromatic rings. The molecule has 0 heterocycles. The van der Waals surface area contributed by atoms with Crippen molar-refractivity contribution in [2.75, 3.05) is 13.1 Å². The van der Waals surface area contributed by atoms with E-state index in [1.165, 1.54) is 0 Å². The van der Waals surface area contributed by atoms with Gasteiger partial charge >= 0.3 is 0 Å². The summed E-state index contributed by atoms with van der Waals surface area (Å²) in [6, 6.07) is 16.6. The van der Waals surface area contributed by atoms with Gasteiger partial charge in [0, 0.05) is 17.6 Å². The quantitative estimate of drug-likeness (QED) is 0.723. The van der Waals surface area contributed by atoms with E-state index in [9.17, 15) is 8.42 Å². The van der Waals surface area contributed by atoms with Crippen LogP contribution in [0.4, 0.5) is 0 Å². The van der Waals surface area contributed by atoms with Crippen molar-refractivity contribution < 1.29 is 8.42 Å². The number of rotatable bonds is 7. The fourth-order valence-electron chi connectivity index (χ4n) is 2.25. The first kappa shape index (κ1) is 17.2. The third kappa shape index (κ3) is 4.41. The van der Waals surface area contributed by atoms with E-state index in [1.807, 2.05) is 37.3 Å². The molecule has 0 spiro atoms. The van der Waals surface area contributed by atoms with E-state index in [0.717, 1.165) is 16.5 Å². The van der Waals surface area contributed by atoms with E-state index in [-0.39, 0.29) is 0 Å². The van der Waals surface area contributed by atoms with Gasteiger partial charge in [-0.05, 0) is 42.7 Å². The first-order valence-corrected chi connectivity index (χ1v) is 9.57. The summed E-state index contributed by atoms with van der Waals surface area (Å²) >= 11 is 3.41. The molecule has 3 nitrogen and oxygen atoms in total. The van der Waals surface area contributed by atoms with Crippen molar-refractivity contribution in [3.8, 4) is 0 Å². The van der Waals surface area contributed by atoms with Crippen molar-refractivity contribution in [3.05, 3.63) is 64.6 Å². The summed E-state index contributed by atoms with van der Waals surface area (Å²) in [6.07, 6.45) is 1.51. The number of nitrogens with zero attached hydrogens (tertiary/aromatic N) is 1. The van der Waals surface area contributed by atoms with Crippen molar-refractivity contribution in [3.63, 3.8) is 0 Å². The van der Waals surface area contributed by atoms with Gasteiger partial charge in [0.15, 0.2) is 0 Å². The first-order valence-electron chi connectivity index (χ1n) is 7.33. The molecule has 0 fully saturated rings. The van der Waals surface area contributed by atoms with Gasteiger partial charge in [0.2, 0.25) is 10.0 Å². The van der Waals surface area contributed by atoms with Crippen LogP contribution in [0.5, 0.6) is 0 Å². The van der Waals surface area contributed by atoms with Gasteiger partial charge in [-0.15, -0.1) is 0 Å². The van der Waals surface area contributed by atoms with E-state index < -0.39 is 10.0 Å². The van der Waals surface area contributed by atoms with Crippen LogP contribution < -0.4 is 0 Å². The molecule has 118 valence electrons. The average Bonchev–Trinajstić information content (AvgIpc) is 2.53. The Morgan fingerprint density at radius 3 is 2.18 bits per heavy atom. The minimum Gasteiger partial charge on any atom is -0.207 e. The molecule has 0 saturated carbocycles. The van der Waals surface area contributed by atoms with E-state index in [2.05, 4.69) is 15.9 Å². The average molecular weight is 382 g/mol. The second-order valence-corrected chi connectivity index (χ2v) is 7.95. The van der Waals surface area contributed by atoms with Crippen LogP contribution in [-0.2, 0) is 16.4 Å². The van der Waals surface area contributed by atoms with Gasteiger partial charge in [-0.1, -0.05) is 53.2 Å². The van der Waals surface area contributed by atoms with Gasteiger partial charge in [-0.2, -0.15) is 4.31 Å². The first-order chi connectivity index (χ1) is 10.5. The molecule has 0 bridgehead atoms. The number of sulfonamides is 1. The monoisotopic (exact) mass is 381 g/mol. The number of halogens is 1. The predicted octanol–water partition coefficient (Wildman–Crippen LogP) is 4.09. The van der Waals surface area contributed by atoms with Crippen LogP contribution in [0.15, 0.2) is 64.0 Å². The van der Waals surface area contributed by atoms with E-state index in [1.54, 1.807) is 28.6 Å². The highest BCUT2D eigenvalue weighted by Gasteiger charge is 2.23. The smallest absolute Gasteiger partial charge is 0.207 e. The molecular formula is C17H20BrNO2S. The molecule has 5 heteroatoms. The molecule has 0 aliphatic carbocycles. The molecule has 0 aliphatic rings. The molecule has 0 unspecified atom stereocenters. The van der Waals surface area contributed by atoms with E-state index in [4.69, 9.17) is 0 Å². The highest BCUT2D eigenvalue weighted by atomic mass is 79.9. The molecule has 0 aromatic heterocycles. The van der Waals surface area contributed by atoms with Crippen LogP contribution >= 0.6 is 15.9 Å². The van der Waals surface area contributed by atoms with Crippen LogP contribution in [0.2, 0.25) is 0 Å². The van der Waals surface area contributed by atoms with Crippen molar-refractivity contribution in [1.82, 2.24) is 4.31 Å². The van der Waals surface area contributed by atoms with Crippen LogP contribution in [0.3, 0.4) is 0 Å². The summed E-state index contributed by atoms with van der Waals surface area (Å²) in [4.78, 5) is 0.360. The molecule has 22 heavy (non-hydrogen) atoms. The molecule has 0 saturated heterocycles. The zero-order valence-corrected chi connectivity index (χ0v) is 15.0. The Hall–Kier alpha value is -1.17. The molecule has 0 aliphatic heterocycles. The number of hydrogen-bond acceptors (Lipinski definition) is 2. The number of benzene rings is 2. The zero-order valence-electron chi connectivity index (χ0n) is 12.6. The Morgan fingerprint density at radius 2 is 1.59 bits per heavy atom. The van der Waals surface area contributed by atoms with Crippen molar-refractivity contribution >= 4 is 26.0 Å². The van der Waals surface area contributed by atoms with Gasteiger partial charge in [0.1, 0.15) is 0 Å². The lowest BCUT2D eigenvalue weighted by Crippen LogP contribution is -2.33. The highest BCUT2D eigenvalue weighted by Crippen LogP contribution is 2.17. The Balaban J connectivity index is 2.14. The molecule has 0 amide bonds. The fourth-order valence-corrected chi connectivity index (χ4v) is 4.07. The lowest BCUT2D eigenvalue weighted by atomic mass is 10.1. The largest absolute Gasteiger partial charge is 0.243 e. The molecule has 0 N–H and O–H groups in total. The molecule has 2 rings (SSSR count). The second-order valence-electron chi connectivity index (χ2n) is 5.09.